The van der Waals surface area contributed by atoms with Gasteiger partial charge in [-0.2, -0.15) is 0 Å². The molecule has 0 saturated carbocycles. The number of nitrogens with one attached hydrogen (secondary N) is 1. The maximum absolute atomic E-state index is 12.0. The first kappa shape index (κ1) is 22.3. The van der Waals surface area contributed by atoms with Gasteiger partial charge in [-0.1, -0.05) is 0 Å². The number of amides is 1. The minimum atomic E-state index is -0.535. The Kier molecular flexibility index (Phi) is 6.81. The van der Waals surface area contributed by atoms with Crippen LogP contribution in [0, 0.1) is 19.8 Å². The van der Waals surface area contributed by atoms with Crippen LogP contribution in [-0.2, 0) is 24.8 Å². The van der Waals surface area contributed by atoms with Crippen molar-refractivity contribution >= 4 is 12.0 Å². The van der Waals surface area contributed by atoms with Crippen molar-refractivity contribution in [3.63, 3.8) is 0 Å². The fourth-order valence-corrected chi connectivity index (χ4v) is 4.17. The molecule has 7 heteroatoms. The average molecular weight is 414 g/mol. The van der Waals surface area contributed by atoms with Crippen LogP contribution in [0.25, 0.3) is 0 Å². The number of hydrogen-bond donors (Lipinski definition) is 1. The second-order valence-electron chi connectivity index (χ2n) is 9.46. The van der Waals surface area contributed by atoms with Crippen LogP contribution in [0.3, 0.4) is 0 Å². The van der Waals surface area contributed by atoms with Crippen molar-refractivity contribution in [1.29, 1.82) is 0 Å². The maximum atomic E-state index is 12.0. The van der Waals surface area contributed by atoms with Crippen LogP contribution in [0.1, 0.15) is 56.3 Å². The van der Waals surface area contributed by atoms with Gasteiger partial charge in [0.2, 0.25) is 5.95 Å². The maximum Gasteiger partial charge on any atom is 0.414 e. The zero-order valence-electron chi connectivity index (χ0n) is 19.2. The number of pyridine rings is 1. The zero-order valence-corrected chi connectivity index (χ0v) is 19.2. The first-order valence-corrected chi connectivity index (χ1v) is 10.8. The van der Waals surface area contributed by atoms with Crippen molar-refractivity contribution < 1.29 is 9.53 Å². The molecule has 0 spiro atoms. The van der Waals surface area contributed by atoms with Gasteiger partial charge < -0.3 is 9.30 Å². The van der Waals surface area contributed by atoms with E-state index in [1.807, 2.05) is 38.6 Å². The second kappa shape index (κ2) is 9.16. The van der Waals surface area contributed by atoms with Gasteiger partial charge in [0, 0.05) is 31.5 Å². The molecule has 3 heterocycles. The summed E-state index contributed by atoms with van der Waals surface area (Å²) < 4.78 is 7.26. The third kappa shape index (κ3) is 6.29. The van der Waals surface area contributed by atoms with Crippen molar-refractivity contribution in [1.82, 2.24) is 19.4 Å². The lowest BCUT2D eigenvalue weighted by Crippen LogP contribution is -2.36. The highest BCUT2D eigenvalue weighted by Crippen LogP contribution is 2.23. The third-order valence-electron chi connectivity index (χ3n) is 5.35. The number of aromatic nitrogens is 3. The largest absolute Gasteiger partial charge is 0.444 e. The molecule has 1 N–H and O–H groups in total. The van der Waals surface area contributed by atoms with Crippen LogP contribution in [0.15, 0.2) is 18.3 Å². The van der Waals surface area contributed by atoms with Gasteiger partial charge in [0.1, 0.15) is 5.60 Å². The zero-order chi connectivity index (χ0) is 21.9. The van der Waals surface area contributed by atoms with Gasteiger partial charge in [0.05, 0.1) is 11.9 Å². The summed E-state index contributed by atoms with van der Waals surface area (Å²) in [6.45, 7) is 12.6. The fourth-order valence-electron chi connectivity index (χ4n) is 4.17. The van der Waals surface area contributed by atoms with Crippen molar-refractivity contribution in [3.8, 4) is 0 Å². The Morgan fingerprint density at radius 2 is 1.97 bits per heavy atom. The molecule has 1 aliphatic heterocycles. The van der Waals surface area contributed by atoms with Crippen LogP contribution in [-0.4, -0.2) is 44.2 Å². The number of carbonyl (C=O) groups is 1. The number of imidazole rings is 1. The summed E-state index contributed by atoms with van der Waals surface area (Å²) in [6.07, 6.45) is 4.91. The molecular weight excluding hydrogens is 378 g/mol. The Balaban J connectivity index is 1.58. The topological polar surface area (TPSA) is 72.3 Å². The molecule has 1 atom stereocenters. The monoisotopic (exact) mass is 413 g/mol. The van der Waals surface area contributed by atoms with Crippen LogP contribution in [0.5, 0.6) is 0 Å². The standard InChI is InChI=1S/C23H35N5O2/c1-16-10-19(11-17(2)25-16)12-18-8-7-9-28(14-18)15-20-13-24-21(27(20)6)26-22(29)30-23(3,4)5/h10-11,13,18H,7-9,12,14-15H2,1-6H3,(H,24,26,29)/t18-/m1/s1. The molecule has 0 radical (unpaired) electrons. The molecule has 2 aromatic heterocycles. The summed E-state index contributed by atoms with van der Waals surface area (Å²) >= 11 is 0. The highest BCUT2D eigenvalue weighted by molar-refractivity contribution is 5.82. The van der Waals surface area contributed by atoms with E-state index in [9.17, 15) is 4.79 Å². The van der Waals surface area contributed by atoms with E-state index in [0.717, 1.165) is 43.1 Å². The SMILES string of the molecule is Cc1cc(C[C@H]2CCCN(Cc3cnc(NC(=O)OC(C)(C)C)n3C)C2)cc(C)n1. The first-order chi connectivity index (χ1) is 14.1. The summed E-state index contributed by atoms with van der Waals surface area (Å²) in [5.41, 5.74) is 4.12. The summed E-state index contributed by atoms with van der Waals surface area (Å²) in [5, 5.41) is 2.74. The van der Waals surface area contributed by atoms with E-state index in [2.05, 4.69) is 46.2 Å². The van der Waals surface area contributed by atoms with E-state index in [1.54, 1.807) is 0 Å². The highest BCUT2D eigenvalue weighted by atomic mass is 16.6. The molecule has 30 heavy (non-hydrogen) atoms. The molecule has 164 valence electrons. The van der Waals surface area contributed by atoms with E-state index in [1.165, 1.54) is 18.4 Å². The lowest BCUT2D eigenvalue weighted by molar-refractivity contribution is 0.0634. The van der Waals surface area contributed by atoms with Gasteiger partial charge in [-0.05, 0) is 84.0 Å². The van der Waals surface area contributed by atoms with Crippen molar-refractivity contribution in [2.45, 2.75) is 66.0 Å². The Morgan fingerprint density at radius 1 is 1.27 bits per heavy atom. The summed E-state index contributed by atoms with van der Waals surface area (Å²) in [6, 6.07) is 4.42. The number of likely N-dealkylation sites (tertiary alicyclic amines) is 1. The Hall–Kier alpha value is -2.41. The van der Waals surface area contributed by atoms with E-state index >= 15 is 0 Å². The molecule has 0 aromatic carbocycles. The number of aryl methyl sites for hydroxylation is 2. The quantitative estimate of drug-likeness (QED) is 0.794. The Bertz CT molecular complexity index is 864. The van der Waals surface area contributed by atoms with Gasteiger partial charge in [0.25, 0.3) is 0 Å². The number of anilines is 1. The summed E-state index contributed by atoms with van der Waals surface area (Å²) in [4.78, 5) is 23.4. The Labute approximate surface area is 179 Å². The van der Waals surface area contributed by atoms with Gasteiger partial charge in [-0.3, -0.25) is 15.2 Å². The number of ether oxygens (including phenoxy) is 1. The molecule has 2 aromatic rings. The van der Waals surface area contributed by atoms with Crippen molar-refractivity contribution in [2.24, 2.45) is 13.0 Å². The van der Waals surface area contributed by atoms with E-state index in [0.29, 0.717) is 11.9 Å². The summed E-state index contributed by atoms with van der Waals surface area (Å²) in [5.74, 6) is 1.16. The molecule has 0 bridgehead atoms. The predicted molar refractivity (Wildman–Crippen MR) is 118 cm³/mol. The van der Waals surface area contributed by atoms with Gasteiger partial charge in [-0.25, -0.2) is 9.78 Å². The number of carbonyl (C=O) groups excluding carboxylic acids is 1. The molecule has 3 rings (SSSR count). The predicted octanol–water partition coefficient (Wildman–Crippen LogP) is 4.23. The molecular formula is C23H35N5O2. The highest BCUT2D eigenvalue weighted by Gasteiger charge is 2.23. The number of rotatable bonds is 5. The third-order valence-corrected chi connectivity index (χ3v) is 5.35. The Morgan fingerprint density at radius 3 is 2.63 bits per heavy atom. The fraction of sp³-hybridized carbons (Fsp3) is 0.609. The van der Waals surface area contributed by atoms with E-state index in [4.69, 9.17) is 4.74 Å². The molecule has 0 unspecified atom stereocenters. The van der Waals surface area contributed by atoms with Gasteiger partial charge >= 0.3 is 6.09 Å². The molecule has 0 aliphatic carbocycles. The molecule has 1 amide bonds. The molecule has 1 fully saturated rings. The normalized spacial score (nSPS) is 17.7. The minimum Gasteiger partial charge on any atom is -0.444 e. The van der Waals surface area contributed by atoms with E-state index in [-0.39, 0.29) is 0 Å². The molecule has 1 aliphatic rings. The molecule has 7 nitrogen and oxygen atoms in total. The van der Waals surface area contributed by atoms with Crippen LogP contribution in [0.4, 0.5) is 10.7 Å². The average Bonchev–Trinajstić information content (AvgIpc) is 2.93. The van der Waals surface area contributed by atoms with Crippen LogP contribution < -0.4 is 5.32 Å². The number of nitrogens with zero attached hydrogens (tertiary/aromatic N) is 4. The smallest absolute Gasteiger partial charge is 0.414 e. The van der Waals surface area contributed by atoms with Crippen LogP contribution in [0.2, 0.25) is 0 Å². The lowest BCUT2D eigenvalue weighted by Gasteiger charge is -2.33. The minimum absolute atomic E-state index is 0.483. The van der Waals surface area contributed by atoms with Crippen LogP contribution >= 0.6 is 0 Å². The summed E-state index contributed by atoms with van der Waals surface area (Å²) in [7, 11) is 1.93. The lowest BCUT2D eigenvalue weighted by atomic mass is 9.91. The van der Waals surface area contributed by atoms with Crippen molar-refractivity contribution in [2.75, 3.05) is 18.4 Å². The van der Waals surface area contributed by atoms with E-state index < -0.39 is 11.7 Å². The van der Waals surface area contributed by atoms with Gasteiger partial charge in [-0.15, -0.1) is 0 Å². The number of hydrogen-bond acceptors (Lipinski definition) is 5. The first-order valence-electron chi connectivity index (χ1n) is 10.8. The van der Waals surface area contributed by atoms with Gasteiger partial charge in [0.15, 0.2) is 0 Å². The second-order valence-corrected chi connectivity index (χ2v) is 9.46. The number of piperidine rings is 1. The molecule has 1 saturated heterocycles. The van der Waals surface area contributed by atoms with Crippen molar-refractivity contribution in [3.05, 3.63) is 41.0 Å².